The summed E-state index contributed by atoms with van der Waals surface area (Å²) in [6, 6.07) is 6.98. The van der Waals surface area contributed by atoms with E-state index in [2.05, 4.69) is 5.16 Å². The van der Waals surface area contributed by atoms with Gasteiger partial charge in [-0.3, -0.25) is 0 Å². The number of hydrogen-bond acceptors (Lipinski definition) is 6. The second-order valence-electron chi connectivity index (χ2n) is 6.17. The summed E-state index contributed by atoms with van der Waals surface area (Å²) < 4.78 is 0.389. The maximum atomic E-state index is 12.2. The first-order chi connectivity index (χ1) is 11.6. The van der Waals surface area contributed by atoms with Crippen LogP contribution in [0.15, 0.2) is 35.6 Å². The molecule has 1 heterocycles. The van der Waals surface area contributed by atoms with E-state index in [1.807, 2.05) is 6.07 Å². The van der Waals surface area contributed by atoms with E-state index in [-0.39, 0.29) is 39.1 Å². The van der Waals surface area contributed by atoms with Crippen molar-refractivity contribution in [3.8, 4) is 17.6 Å². The van der Waals surface area contributed by atoms with Crippen molar-refractivity contribution in [1.29, 1.82) is 5.26 Å². The van der Waals surface area contributed by atoms with Crippen molar-refractivity contribution in [3.63, 3.8) is 0 Å². The molecule has 0 saturated carbocycles. The fraction of sp³-hybridized carbons (Fsp3) is 0.235. The Labute approximate surface area is 149 Å². The molecular formula is C17H16ClN3O4. The minimum atomic E-state index is -0.691. The molecule has 0 aliphatic carbocycles. The number of phenols is 1. The van der Waals surface area contributed by atoms with Crippen LogP contribution in [0.2, 0.25) is 5.02 Å². The molecule has 0 atom stereocenters. The third-order valence-electron chi connectivity index (χ3n) is 3.03. The second kappa shape index (κ2) is 6.87. The van der Waals surface area contributed by atoms with Crippen molar-refractivity contribution in [2.45, 2.75) is 26.4 Å². The van der Waals surface area contributed by atoms with Gasteiger partial charge in [0.25, 0.3) is 5.69 Å². The number of nitrogens with zero attached hydrogens (tertiary/aromatic N) is 3. The van der Waals surface area contributed by atoms with Crippen LogP contribution >= 0.6 is 11.6 Å². The van der Waals surface area contributed by atoms with Gasteiger partial charge in [-0.25, -0.2) is 0 Å². The van der Waals surface area contributed by atoms with Crippen LogP contribution in [0.3, 0.4) is 0 Å². The molecule has 0 unspecified atom stereocenters. The number of nitriles is 1. The van der Waals surface area contributed by atoms with Crippen LogP contribution in [-0.2, 0) is 4.84 Å². The van der Waals surface area contributed by atoms with Crippen LogP contribution in [0, 0.1) is 16.5 Å². The maximum absolute atomic E-state index is 12.2. The Kier molecular flexibility index (Phi) is 5.04. The molecule has 2 aromatic rings. The van der Waals surface area contributed by atoms with Gasteiger partial charge < -0.3 is 20.3 Å². The summed E-state index contributed by atoms with van der Waals surface area (Å²) in [5.41, 5.74) is -0.951. The lowest BCUT2D eigenvalue weighted by Gasteiger charge is -2.17. The number of halogens is 1. The minimum absolute atomic E-state index is 0.0244. The molecule has 0 amide bonds. The topological polar surface area (TPSA) is 113 Å². The average molecular weight is 362 g/mol. The van der Waals surface area contributed by atoms with Crippen molar-refractivity contribution in [3.05, 3.63) is 57.5 Å². The van der Waals surface area contributed by atoms with Gasteiger partial charge in [0.2, 0.25) is 0 Å². The van der Waals surface area contributed by atoms with Crippen molar-refractivity contribution in [1.82, 2.24) is 0 Å². The highest BCUT2D eigenvalue weighted by molar-refractivity contribution is 6.32. The molecule has 1 aromatic heterocycles. The molecule has 1 aromatic carbocycles. The lowest BCUT2D eigenvalue weighted by atomic mass is 10.0. The number of oxime groups is 1. The normalized spacial score (nSPS) is 11.9. The highest BCUT2D eigenvalue weighted by Gasteiger charge is 2.27. The Morgan fingerprint density at radius 2 is 2.00 bits per heavy atom. The Morgan fingerprint density at radius 1 is 1.32 bits per heavy atom. The van der Waals surface area contributed by atoms with E-state index in [1.54, 1.807) is 20.8 Å². The molecule has 130 valence electrons. The lowest BCUT2D eigenvalue weighted by Crippen LogP contribution is -2.35. The smallest absolute Gasteiger partial charge is 0.288 e. The highest BCUT2D eigenvalue weighted by atomic mass is 35.5. The van der Waals surface area contributed by atoms with E-state index < -0.39 is 5.60 Å². The highest BCUT2D eigenvalue weighted by Crippen LogP contribution is 2.30. The predicted molar refractivity (Wildman–Crippen MR) is 91.4 cm³/mol. The summed E-state index contributed by atoms with van der Waals surface area (Å²) in [4.78, 5) is 5.37. The van der Waals surface area contributed by atoms with E-state index in [0.29, 0.717) is 4.73 Å². The first-order valence-electron chi connectivity index (χ1n) is 7.24. The van der Waals surface area contributed by atoms with Gasteiger partial charge in [-0.1, -0.05) is 16.8 Å². The van der Waals surface area contributed by atoms with Gasteiger partial charge >= 0.3 is 0 Å². The zero-order valence-corrected chi connectivity index (χ0v) is 14.6. The largest absolute Gasteiger partial charge is 0.618 e. The van der Waals surface area contributed by atoms with Crippen LogP contribution in [0.5, 0.6) is 11.5 Å². The zero-order valence-electron chi connectivity index (χ0n) is 13.8. The minimum Gasteiger partial charge on any atom is -0.618 e. The molecule has 25 heavy (non-hydrogen) atoms. The first kappa shape index (κ1) is 18.4. The quantitative estimate of drug-likeness (QED) is 0.377. The summed E-state index contributed by atoms with van der Waals surface area (Å²) in [5.74, 6) is -0.676. The molecule has 0 bridgehead atoms. The summed E-state index contributed by atoms with van der Waals surface area (Å²) in [6.45, 7) is 5.23. The third-order valence-corrected chi connectivity index (χ3v) is 3.35. The predicted octanol–water partition coefficient (Wildman–Crippen LogP) is 2.82. The van der Waals surface area contributed by atoms with Crippen LogP contribution in [-0.4, -0.2) is 21.5 Å². The maximum Gasteiger partial charge on any atom is 0.288 e. The van der Waals surface area contributed by atoms with Crippen LogP contribution < -0.4 is 4.73 Å². The average Bonchev–Trinajstić information content (AvgIpc) is 2.50. The Hall–Kier alpha value is -2.98. The van der Waals surface area contributed by atoms with Gasteiger partial charge in [0.1, 0.15) is 17.4 Å². The van der Waals surface area contributed by atoms with Crippen molar-refractivity contribution in [2.75, 3.05) is 0 Å². The Morgan fingerprint density at radius 3 is 2.56 bits per heavy atom. The van der Waals surface area contributed by atoms with E-state index >= 15 is 0 Å². The van der Waals surface area contributed by atoms with Gasteiger partial charge in [-0.05, 0) is 32.9 Å². The summed E-state index contributed by atoms with van der Waals surface area (Å²) in [5, 5.41) is 45.6. The zero-order chi connectivity index (χ0) is 18.8. The van der Waals surface area contributed by atoms with Crippen molar-refractivity contribution in [2.24, 2.45) is 5.16 Å². The summed E-state index contributed by atoms with van der Waals surface area (Å²) >= 11 is 5.89. The van der Waals surface area contributed by atoms with E-state index in [4.69, 9.17) is 21.7 Å². The van der Waals surface area contributed by atoms with Crippen molar-refractivity contribution < 1.29 is 19.8 Å². The number of phenolic OH excluding ortho intramolecular Hbond substituents is 1. The third kappa shape index (κ3) is 4.11. The van der Waals surface area contributed by atoms with Crippen molar-refractivity contribution >= 4 is 17.3 Å². The number of aromatic hydroxyl groups is 2. The Bertz CT molecular complexity index is 862. The summed E-state index contributed by atoms with van der Waals surface area (Å²) in [6.07, 6.45) is 1.17. The summed E-state index contributed by atoms with van der Waals surface area (Å²) in [7, 11) is 0. The van der Waals surface area contributed by atoms with Crippen LogP contribution in [0.1, 0.15) is 37.6 Å². The molecule has 7 nitrogen and oxygen atoms in total. The van der Waals surface area contributed by atoms with Gasteiger partial charge in [0, 0.05) is 12.1 Å². The molecular weight excluding hydrogens is 346 g/mol. The van der Waals surface area contributed by atoms with E-state index in [0.717, 1.165) is 6.07 Å². The van der Waals surface area contributed by atoms with E-state index in [9.17, 15) is 15.4 Å². The van der Waals surface area contributed by atoms with Gasteiger partial charge in [0.15, 0.2) is 17.7 Å². The molecule has 0 saturated heterocycles. The molecule has 0 fully saturated rings. The second-order valence-corrected chi connectivity index (χ2v) is 6.58. The molecule has 0 spiro atoms. The SMILES string of the molecule is CC(C)(C)O/N=C(/c1cc(C#N)c(Cl)cc1O)c1c(O)ccc[n+]1[O-]. The number of pyridine rings is 1. The van der Waals surface area contributed by atoms with E-state index in [1.165, 1.54) is 24.4 Å². The van der Waals surface area contributed by atoms with Gasteiger partial charge in [-0.15, -0.1) is 0 Å². The number of aromatic nitrogens is 1. The number of rotatable bonds is 3. The molecule has 0 radical (unpaired) electrons. The molecule has 2 rings (SSSR count). The van der Waals surface area contributed by atoms with Gasteiger partial charge in [-0.2, -0.15) is 9.99 Å². The fourth-order valence-electron chi connectivity index (χ4n) is 1.95. The number of benzene rings is 1. The number of hydrogen-bond donors (Lipinski definition) is 2. The van der Waals surface area contributed by atoms with Crippen LogP contribution in [0.4, 0.5) is 0 Å². The molecule has 0 aliphatic rings. The fourth-order valence-corrected chi connectivity index (χ4v) is 2.15. The monoisotopic (exact) mass is 361 g/mol. The lowest BCUT2D eigenvalue weighted by molar-refractivity contribution is -0.607. The molecule has 8 heteroatoms. The molecule has 0 aliphatic heterocycles. The standard InChI is InChI=1S/C17H16ClN3O4/c1-17(2,3)25-20-15(16-13(22)5-4-6-21(16)24)11-7-10(9-19)12(18)8-14(11)23/h4-8,22-23H,1-3H3/b20-15-. The van der Waals surface area contributed by atoms with Gasteiger partial charge in [0.05, 0.1) is 16.1 Å². The van der Waals surface area contributed by atoms with Crippen LogP contribution in [0.25, 0.3) is 0 Å². The first-order valence-corrected chi connectivity index (χ1v) is 7.62. The Balaban J connectivity index is 2.76. The molecule has 2 N–H and O–H groups in total.